The number of fused-ring (bicyclic) bond motifs is 1. The molecule has 0 fully saturated rings. The normalized spacial score (nSPS) is 12.6. The van der Waals surface area contributed by atoms with E-state index >= 15 is 0 Å². The molecule has 0 bridgehead atoms. The van der Waals surface area contributed by atoms with Gasteiger partial charge in [0.15, 0.2) is 0 Å². The minimum Gasteiger partial charge on any atom is -0.481 e. The SMILES string of the molecule is CC(CCNc1ccc2c(c1)ncn2C)C(=O)O. The summed E-state index contributed by atoms with van der Waals surface area (Å²) in [4.78, 5) is 15.0. The predicted octanol–water partition coefficient (Wildman–Crippen LogP) is 2.10. The van der Waals surface area contributed by atoms with Crippen LogP contribution in [0.2, 0.25) is 0 Å². The van der Waals surface area contributed by atoms with Gasteiger partial charge >= 0.3 is 5.97 Å². The number of benzene rings is 1. The molecule has 1 atom stereocenters. The van der Waals surface area contributed by atoms with Crippen LogP contribution in [0.25, 0.3) is 11.0 Å². The number of aryl methyl sites for hydroxylation is 1. The molecule has 0 aliphatic heterocycles. The van der Waals surface area contributed by atoms with Crippen LogP contribution in [0.3, 0.4) is 0 Å². The molecule has 0 radical (unpaired) electrons. The highest BCUT2D eigenvalue weighted by molar-refractivity contribution is 5.79. The molecule has 0 saturated heterocycles. The number of anilines is 1. The van der Waals surface area contributed by atoms with Gasteiger partial charge in [0.2, 0.25) is 0 Å². The molecule has 5 heteroatoms. The van der Waals surface area contributed by atoms with Gasteiger partial charge in [0.05, 0.1) is 23.3 Å². The van der Waals surface area contributed by atoms with Crippen molar-refractivity contribution in [1.29, 1.82) is 0 Å². The van der Waals surface area contributed by atoms with Crippen LogP contribution in [0.5, 0.6) is 0 Å². The lowest BCUT2D eigenvalue weighted by atomic mass is 10.1. The van der Waals surface area contributed by atoms with Gasteiger partial charge in [-0.2, -0.15) is 0 Å². The first-order chi connectivity index (χ1) is 8.58. The van der Waals surface area contributed by atoms with Gasteiger partial charge in [-0.05, 0) is 24.6 Å². The molecule has 0 spiro atoms. The average molecular weight is 247 g/mol. The Bertz CT molecular complexity index is 562. The fourth-order valence-corrected chi connectivity index (χ4v) is 1.80. The van der Waals surface area contributed by atoms with Crippen molar-refractivity contribution >= 4 is 22.7 Å². The number of hydrogen-bond donors (Lipinski definition) is 2. The Balaban J connectivity index is 1.98. The zero-order valence-corrected chi connectivity index (χ0v) is 10.6. The highest BCUT2D eigenvalue weighted by atomic mass is 16.4. The van der Waals surface area contributed by atoms with E-state index in [9.17, 15) is 4.79 Å². The monoisotopic (exact) mass is 247 g/mol. The molecule has 0 saturated carbocycles. The summed E-state index contributed by atoms with van der Waals surface area (Å²) in [7, 11) is 1.96. The third kappa shape index (κ3) is 2.61. The Hall–Kier alpha value is -2.04. The fraction of sp³-hybridized carbons (Fsp3) is 0.385. The van der Waals surface area contributed by atoms with E-state index in [1.807, 2.05) is 29.8 Å². The van der Waals surface area contributed by atoms with E-state index in [1.54, 1.807) is 13.3 Å². The minimum atomic E-state index is -0.753. The summed E-state index contributed by atoms with van der Waals surface area (Å²) >= 11 is 0. The Labute approximate surface area is 105 Å². The summed E-state index contributed by atoms with van der Waals surface area (Å²) in [6.45, 7) is 2.36. The summed E-state index contributed by atoms with van der Waals surface area (Å²) in [5.74, 6) is -1.08. The van der Waals surface area contributed by atoms with Crippen molar-refractivity contribution in [3.63, 3.8) is 0 Å². The summed E-state index contributed by atoms with van der Waals surface area (Å²) in [6.07, 6.45) is 2.39. The molecule has 96 valence electrons. The Morgan fingerprint density at radius 1 is 1.56 bits per heavy atom. The molecule has 5 nitrogen and oxygen atoms in total. The lowest BCUT2D eigenvalue weighted by molar-refractivity contribution is -0.141. The molecule has 18 heavy (non-hydrogen) atoms. The van der Waals surface area contributed by atoms with Crippen molar-refractivity contribution < 1.29 is 9.90 Å². The van der Waals surface area contributed by atoms with Gasteiger partial charge in [-0.1, -0.05) is 6.92 Å². The maximum absolute atomic E-state index is 10.7. The quantitative estimate of drug-likeness (QED) is 0.849. The van der Waals surface area contributed by atoms with Crippen molar-refractivity contribution in [3.05, 3.63) is 24.5 Å². The van der Waals surface area contributed by atoms with E-state index in [0.717, 1.165) is 16.7 Å². The Morgan fingerprint density at radius 3 is 3.06 bits per heavy atom. The number of carboxylic acid groups (broad SMARTS) is 1. The lowest BCUT2D eigenvalue weighted by Crippen LogP contribution is -2.14. The van der Waals surface area contributed by atoms with Crippen LogP contribution in [0, 0.1) is 5.92 Å². The third-order valence-corrected chi connectivity index (χ3v) is 3.05. The van der Waals surface area contributed by atoms with Crippen LogP contribution in [-0.4, -0.2) is 27.2 Å². The summed E-state index contributed by atoms with van der Waals surface area (Å²) < 4.78 is 1.96. The van der Waals surface area contributed by atoms with Crippen molar-refractivity contribution in [1.82, 2.24) is 9.55 Å². The fourth-order valence-electron chi connectivity index (χ4n) is 1.80. The number of rotatable bonds is 5. The number of aliphatic carboxylic acids is 1. The molecule has 2 aromatic rings. The number of hydrogen-bond acceptors (Lipinski definition) is 3. The molecule has 1 aromatic carbocycles. The first-order valence-corrected chi connectivity index (χ1v) is 5.95. The number of aromatic nitrogens is 2. The van der Waals surface area contributed by atoms with Gasteiger partial charge in [0.1, 0.15) is 0 Å². The van der Waals surface area contributed by atoms with Crippen LogP contribution in [-0.2, 0) is 11.8 Å². The molecule has 1 unspecified atom stereocenters. The van der Waals surface area contributed by atoms with Crippen molar-refractivity contribution in [2.45, 2.75) is 13.3 Å². The molecule has 0 aliphatic carbocycles. The summed E-state index contributed by atoms with van der Waals surface area (Å²) in [5, 5.41) is 12.0. The number of nitrogens with zero attached hydrogens (tertiary/aromatic N) is 2. The molecule has 2 rings (SSSR count). The molecule has 1 heterocycles. The van der Waals surface area contributed by atoms with Gasteiger partial charge in [0, 0.05) is 19.3 Å². The smallest absolute Gasteiger partial charge is 0.306 e. The van der Waals surface area contributed by atoms with Crippen molar-refractivity contribution in [2.24, 2.45) is 13.0 Å². The molecule has 0 amide bonds. The lowest BCUT2D eigenvalue weighted by Gasteiger charge is -2.09. The van der Waals surface area contributed by atoms with E-state index in [1.165, 1.54) is 0 Å². The first kappa shape index (κ1) is 12.4. The molecule has 1 aromatic heterocycles. The highest BCUT2D eigenvalue weighted by Gasteiger charge is 2.09. The Kier molecular flexibility index (Phi) is 3.50. The number of nitrogens with one attached hydrogen (secondary N) is 1. The predicted molar refractivity (Wildman–Crippen MR) is 70.6 cm³/mol. The number of carboxylic acids is 1. The zero-order chi connectivity index (χ0) is 13.1. The van der Waals surface area contributed by atoms with Crippen LogP contribution in [0.15, 0.2) is 24.5 Å². The Morgan fingerprint density at radius 2 is 2.33 bits per heavy atom. The average Bonchev–Trinajstić information content (AvgIpc) is 2.70. The van der Waals surface area contributed by atoms with Gasteiger partial charge in [-0.25, -0.2) is 4.98 Å². The van der Waals surface area contributed by atoms with Gasteiger partial charge in [-0.15, -0.1) is 0 Å². The number of carbonyl (C=O) groups is 1. The standard InChI is InChI=1S/C13H17N3O2/c1-9(13(17)18)5-6-14-10-3-4-12-11(7-10)15-8-16(12)2/h3-4,7-9,14H,5-6H2,1-2H3,(H,17,18). The van der Waals surface area contributed by atoms with E-state index in [4.69, 9.17) is 5.11 Å². The van der Waals surface area contributed by atoms with Crippen LogP contribution in [0.4, 0.5) is 5.69 Å². The largest absolute Gasteiger partial charge is 0.481 e. The van der Waals surface area contributed by atoms with Crippen LogP contribution < -0.4 is 5.32 Å². The second kappa shape index (κ2) is 5.08. The summed E-state index contributed by atoms with van der Waals surface area (Å²) in [6, 6.07) is 5.96. The zero-order valence-electron chi connectivity index (χ0n) is 10.6. The maximum atomic E-state index is 10.7. The maximum Gasteiger partial charge on any atom is 0.306 e. The summed E-state index contributed by atoms with van der Waals surface area (Å²) in [5.41, 5.74) is 2.99. The first-order valence-electron chi connectivity index (χ1n) is 5.95. The van der Waals surface area contributed by atoms with E-state index < -0.39 is 5.97 Å². The van der Waals surface area contributed by atoms with E-state index in [-0.39, 0.29) is 5.92 Å². The topological polar surface area (TPSA) is 67.2 Å². The highest BCUT2D eigenvalue weighted by Crippen LogP contribution is 2.17. The van der Waals surface area contributed by atoms with Crippen LogP contribution >= 0.6 is 0 Å². The molecular weight excluding hydrogens is 230 g/mol. The molecular formula is C13H17N3O2. The molecule has 2 N–H and O–H groups in total. The van der Waals surface area contributed by atoms with Crippen LogP contribution in [0.1, 0.15) is 13.3 Å². The van der Waals surface area contributed by atoms with E-state index in [0.29, 0.717) is 13.0 Å². The van der Waals surface area contributed by atoms with Crippen molar-refractivity contribution in [2.75, 3.05) is 11.9 Å². The second-order valence-electron chi connectivity index (χ2n) is 4.51. The second-order valence-corrected chi connectivity index (χ2v) is 4.51. The van der Waals surface area contributed by atoms with E-state index in [2.05, 4.69) is 10.3 Å². The van der Waals surface area contributed by atoms with Gasteiger partial charge < -0.3 is 15.0 Å². The third-order valence-electron chi connectivity index (χ3n) is 3.05. The minimum absolute atomic E-state index is 0.323. The number of imidazole rings is 1. The van der Waals surface area contributed by atoms with Gasteiger partial charge in [-0.3, -0.25) is 4.79 Å². The van der Waals surface area contributed by atoms with Gasteiger partial charge in [0.25, 0.3) is 0 Å². The molecule has 0 aliphatic rings. The van der Waals surface area contributed by atoms with Crippen molar-refractivity contribution in [3.8, 4) is 0 Å².